The van der Waals surface area contributed by atoms with Gasteiger partial charge in [-0.1, -0.05) is 31.3 Å². The van der Waals surface area contributed by atoms with Crippen LogP contribution in [0.3, 0.4) is 0 Å². The van der Waals surface area contributed by atoms with Crippen LogP contribution in [-0.4, -0.2) is 16.5 Å². The molecule has 0 unspecified atom stereocenters. The van der Waals surface area contributed by atoms with Crippen LogP contribution in [-0.2, 0) is 12.9 Å². The minimum Gasteiger partial charge on any atom is -0.267 e. The van der Waals surface area contributed by atoms with Gasteiger partial charge >= 0.3 is 0 Å². The molecule has 0 aliphatic rings. The zero-order valence-electron chi connectivity index (χ0n) is 14.6. The Hall–Kier alpha value is -1.92. The molecule has 0 radical (unpaired) electrons. The Morgan fingerprint density at radius 2 is 1.96 bits per heavy atom. The van der Waals surface area contributed by atoms with Crippen LogP contribution in [0.1, 0.15) is 16.1 Å². The monoisotopic (exact) mass is 366 g/mol. The number of aryl methyl sites for hydroxylation is 1. The van der Waals surface area contributed by atoms with Gasteiger partial charge in [0.2, 0.25) is 0 Å². The van der Waals surface area contributed by atoms with Crippen molar-refractivity contribution < 1.29 is 0 Å². The smallest absolute Gasteiger partial charge is 0.267 e. The summed E-state index contributed by atoms with van der Waals surface area (Å²) in [6.07, 6.45) is 0.888. The molecule has 0 fully saturated rings. The molecule has 3 nitrogen and oxygen atoms in total. The maximum Gasteiger partial charge on any atom is 0.275 e. The van der Waals surface area contributed by atoms with Crippen molar-refractivity contribution in [2.24, 2.45) is 0 Å². The standard InChI is InChI=1S/C19H19BN2OS2/c1-12-4-5-18-13(6-12)7-14(25-18)9-22-19(23)16-11-24-10-15(16)17(21-22)8-20(2)3/h4-7,10-11H,8-9H2,1-3H3. The second-order valence-corrected chi connectivity index (χ2v) is 8.87. The average molecular weight is 366 g/mol. The van der Waals surface area contributed by atoms with Crippen LogP contribution in [0, 0.1) is 6.92 Å². The van der Waals surface area contributed by atoms with Gasteiger partial charge in [0.1, 0.15) is 6.71 Å². The largest absolute Gasteiger partial charge is 0.275 e. The first-order chi connectivity index (χ1) is 12.0. The summed E-state index contributed by atoms with van der Waals surface area (Å²) >= 11 is 3.32. The normalized spacial score (nSPS) is 11.5. The molecule has 0 aliphatic carbocycles. The van der Waals surface area contributed by atoms with E-state index in [1.54, 1.807) is 27.4 Å². The van der Waals surface area contributed by atoms with Crippen LogP contribution < -0.4 is 5.56 Å². The van der Waals surface area contributed by atoms with Crippen LogP contribution in [0.4, 0.5) is 0 Å². The number of hydrogen-bond acceptors (Lipinski definition) is 4. The summed E-state index contributed by atoms with van der Waals surface area (Å²) in [5.74, 6) is 0. The molecule has 3 aromatic heterocycles. The Morgan fingerprint density at radius 1 is 1.16 bits per heavy atom. The number of rotatable bonds is 4. The number of benzene rings is 1. The van der Waals surface area contributed by atoms with Crippen LogP contribution in [0.25, 0.3) is 20.9 Å². The van der Waals surface area contributed by atoms with Crippen LogP contribution >= 0.6 is 22.7 Å². The lowest BCUT2D eigenvalue weighted by Crippen LogP contribution is -2.25. The summed E-state index contributed by atoms with van der Waals surface area (Å²) in [5.41, 5.74) is 2.30. The highest BCUT2D eigenvalue weighted by Crippen LogP contribution is 2.27. The maximum atomic E-state index is 12.8. The molecule has 126 valence electrons. The summed E-state index contributed by atoms with van der Waals surface area (Å²) in [6.45, 7) is 7.52. The third-order valence-corrected chi connectivity index (χ3v) is 6.15. The lowest BCUT2D eigenvalue weighted by molar-refractivity contribution is 0.642. The Balaban J connectivity index is 1.79. The molecule has 0 aliphatic heterocycles. The molecule has 0 amide bonds. The van der Waals surface area contributed by atoms with E-state index >= 15 is 0 Å². The van der Waals surface area contributed by atoms with Gasteiger partial charge in [0.05, 0.1) is 17.6 Å². The fraction of sp³-hybridized carbons (Fsp3) is 0.263. The van der Waals surface area contributed by atoms with Crippen molar-refractivity contribution >= 4 is 50.2 Å². The van der Waals surface area contributed by atoms with Crippen molar-refractivity contribution in [1.82, 2.24) is 9.78 Å². The van der Waals surface area contributed by atoms with Crippen molar-refractivity contribution in [3.63, 3.8) is 0 Å². The topological polar surface area (TPSA) is 34.9 Å². The van der Waals surface area contributed by atoms with E-state index in [-0.39, 0.29) is 5.56 Å². The fourth-order valence-electron chi connectivity index (χ4n) is 3.16. The fourth-order valence-corrected chi connectivity index (χ4v) is 5.02. The maximum absolute atomic E-state index is 12.8. The Labute approximate surface area is 155 Å². The first-order valence-electron chi connectivity index (χ1n) is 8.46. The van der Waals surface area contributed by atoms with Gasteiger partial charge in [0, 0.05) is 25.7 Å². The van der Waals surface area contributed by atoms with E-state index in [2.05, 4.69) is 44.8 Å². The Bertz CT molecular complexity index is 1120. The summed E-state index contributed by atoms with van der Waals surface area (Å²) in [4.78, 5) is 14.0. The molecule has 0 spiro atoms. The van der Waals surface area contributed by atoms with E-state index < -0.39 is 0 Å². The summed E-state index contributed by atoms with van der Waals surface area (Å²) in [7, 11) is 0. The van der Waals surface area contributed by atoms with Crippen molar-refractivity contribution in [3.8, 4) is 0 Å². The number of thiophene rings is 2. The quantitative estimate of drug-likeness (QED) is 0.483. The highest BCUT2D eigenvalue weighted by atomic mass is 32.1. The SMILES string of the molecule is CB(C)Cc1nn(Cc2cc3cc(C)ccc3s2)c(=O)c2cscc12. The second-order valence-electron chi connectivity index (χ2n) is 6.96. The van der Waals surface area contributed by atoms with Crippen molar-refractivity contribution in [2.45, 2.75) is 33.4 Å². The molecule has 0 saturated heterocycles. The molecule has 0 N–H and O–H groups in total. The zero-order valence-corrected chi connectivity index (χ0v) is 16.2. The highest BCUT2D eigenvalue weighted by Gasteiger charge is 2.14. The lowest BCUT2D eigenvalue weighted by Gasteiger charge is -2.09. The van der Waals surface area contributed by atoms with Gasteiger partial charge in [-0.25, -0.2) is 4.68 Å². The van der Waals surface area contributed by atoms with Gasteiger partial charge in [-0.3, -0.25) is 4.79 Å². The van der Waals surface area contributed by atoms with Gasteiger partial charge in [-0.2, -0.15) is 16.4 Å². The van der Waals surface area contributed by atoms with Crippen molar-refractivity contribution in [1.29, 1.82) is 0 Å². The van der Waals surface area contributed by atoms with Crippen LogP contribution in [0.5, 0.6) is 0 Å². The third-order valence-electron chi connectivity index (χ3n) is 4.31. The van der Waals surface area contributed by atoms with E-state index in [4.69, 9.17) is 5.10 Å². The van der Waals surface area contributed by atoms with Gasteiger partial charge in [0.25, 0.3) is 5.56 Å². The van der Waals surface area contributed by atoms with E-state index in [1.165, 1.54) is 20.5 Å². The van der Waals surface area contributed by atoms with Gasteiger partial charge in [-0.15, -0.1) is 11.3 Å². The number of nitrogens with zero attached hydrogens (tertiary/aromatic N) is 2. The highest BCUT2D eigenvalue weighted by molar-refractivity contribution is 7.19. The summed E-state index contributed by atoms with van der Waals surface area (Å²) in [5, 5.41) is 11.8. The molecule has 3 heterocycles. The summed E-state index contributed by atoms with van der Waals surface area (Å²) < 4.78 is 2.90. The van der Waals surface area contributed by atoms with Crippen LogP contribution in [0.2, 0.25) is 13.6 Å². The second kappa shape index (κ2) is 6.43. The molecule has 6 heteroatoms. The molecular weight excluding hydrogens is 347 g/mol. The first kappa shape index (κ1) is 16.5. The molecule has 25 heavy (non-hydrogen) atoms. The van der Waals surface area contributed by atoms with Crippen molar-refractivity contribution in [2.75, 3.05) is 0 Å². The molecule has 1 aromatic carbocycles. The predicted octanol–water partition coefficient (Wildman–Crippen LogP) is 4.87. The van der Waals surface area contributed by atoms with Gasteiger partial charge in [-0.05, 0) is 30.8 Å². The molecule has 0 bridgehead atoms. The van der Waals surface area contributed by atoms with Gasteiger partial charge < -0.3 is 0 Å². The van der Waals surface area contributed by atoms with Crippen LogP contribution in [0.15, 0.2) is 39.8 Å². The first-order valence-corrected chi connectivity index (χ1v) is 10.2. The average Bonchev–Trinajstić information content (AvgIpc) is 3.17. The predicted molar refractivity (Wildman–Crippen MR) is 111 cm³/mol. The molecular formula is C19H19BN2OS2. The Kier molecular flexibility index (Phi) is 4.25. The minimum atomic E-state index is 0.0115. The Morgan fingerprint density at radius 3 is 2.76 bits per heavy atom. The van der Waals surface area contributed by atoms with E-state index in [0.717, 1.165) is 22.8 Å². The van der Waals surface area contributed by atoms with Gasteiger partial charge in [0.15, 0.2) is 0 Å². The molecule has 0 atom stereocenters. The molecule has 0 saturated carbocycles. The number of hydrogen-bond donors (Lipinski definition) is 0. The molecule has 4 aromatic rings. The van der Waals surface area contributed by atoms with E-state index in [9.17, 15) is 4.79 Å². The van der Waals surface area contributed by atoms with E-state index in [0.29, 0.717) is 13.3 Å². The number of fused-ring (bicyclic) bond motifs is 2. The zero-order chi connectivity index (χ0) is 17.6. The van der Waals surface area contributed by atoms with E-state index in [1.807, 2.05) is 10.8 Å². The minimum absolute atomic E-state index is 0.0115. The van der Waals surface area contributed by atoms with Crippen molar-refractivity contribution in [3.05, 3.63) is 61.5 Å². The third kappa shape index (κ3) is 3.16. The number of aromatic nitrogens is 2. The summed E-state index contributed by atoms with van der Waals surface area (Å²) in [6, 6.07) is 8.66. The molecule has 4 rings (SSSR count). The lowest BCUT2D eigenvalue weighted by atomic mass is 9.51.